The summed E-state index contributed by atoms with van der Waals surface area (Å²) in [6, 6.07) is 9.65. The van der Waals surface area contributed by atoms with Crippen molar-refractivity contribution in [2.24, 2.45) is 5.73 Å². The Bertz CT molecular complexity index is 1370. The van der Waals surface area contributed by atoms with Crippen LogP contribution in [0.5, 0.6) is 0 Å². The lowest BCUT2D eigenvalue weighted by molar-refractivity contribution is 0.432. The number of halogens is 1. The van der Waals surface area contributed by atoms with Gasteiger partial charge in [0.15, 0.2) is 5.76 Å². The Kier molecular flexibility index (Phi) is 6.70. The molecule has 2 N–H and O–H groups in total. The molecule has 176 valence electrons. The smallest absolute Gasteiger partial charge is 0.250 e. The largest absolute Gasteiger partial charge is 0.354 e. The molecule has 8 heteroatoms. The maximum Gasteiger partial charge on any atom is 0.250 e. The van der Waals surface area contributed by atoms with Gasteiger partial charge in [-0.05, 0) is 38.8 Å². The van der Waals surface area contributed by atoms with Gasteiger partial charge in [0.25, 0.3) is 5.56 Å². The second-order valence-corrected chi connectivity index (χ2v) is 8.40. The molecule has 1 unspecified atom stereocenters. The van der Waals surface area contributed by atoms with E-state index in [1.807, 2.05) is 13.1 Å². The Morgan fingerprint density at radius 2 is 1.91 bits per heavy atom. The van der Waals surface area contributed by atoms with Gasteiger partial charge >= 0.3 is 0 Å². The van der Waals surface area contributed by atoms with Crippen LogP contribution >= 0.6 is 0 Å². The van der Waals surface area contributed by atoms with Crippen LogP contribution in [0.25, 0.3) is 34.0 Å². The fraction of sp³-hybridized carbons (Fsp3) is 0.308. The summed E-state index contributed by atoms with van der Waals surface area (Å²) in [5.74, 6) is -0.0432. The average Bonchev–Trinajstić information content (AvgIpc) is 3.31. The van der Waals surface area contributed by atoms with Crippen molar-refractivity contribution in [3.8, 4) is 34.0 Å². The van der Waals surface area contributed by atoms with Gasteiger partial charge in [0.05, 0.1) is 17.6 Å². The van der Waals surface area contributed by atoms with Gasteiger partial charge in [-0.2, -0.15) is 0 Å². The number of benzene rings is 1. The Labute approximate surface area is 197 Å². The molecule has 0 fully saturated rings. The Morgan fingerprint density at radius 1 is 1.15 bits per heavy atom. The fourth-order valence-electron chi connectivity index (χ4n) is 4.06. The second-order valence-electron chi connectivity index (χ2n) is 8.40. The van der Waals surface area contributed by atoms with E-state index in [1.54, 1.807) is 54.1 Å². The monoisotopic (exact) mass is 461 g/mol. The van der Waals surface area contributed by atoms with Crippen molar-refractivity contribution >= 4 is 0 Å². The van der Waals surface area contributed by atoms with Crippen LogP contribution < -0.4 is 11.3 Å². The van der Waals surface area contributed by atoms with Crippen molar-refractivity contribution < 1.29 is 8.91 Å². The summed E-state index contributed by atoms with van der Waals surface area (Å²) in [6.45, 7) is 7.67. The molecule has 34 heavy (non-hydrogen) atoms. The Hall–Kier alpha value is -3.65. The van der Waals surface area contributed by atoms with E-state index in [0.717, 1.165) is 18.4 Å². The zero-order chi connectivity index (χ0) is 24.4. The first-order chi connectivity index (χ1) is 16.3. The van der Waals surface area contributed by atoms with E-state index in [2.05, 4.69) is 24.0 Å². The number of aryl methyl sites for hydroxylation is 1. The molecule has 3 heterocycles. The fourth-order valence-corrected chi connectivity index (χ4v) is 4.06. The Balaban J connectivity index is 1.74. The molecular weight excluding hydrogens is 433 g/mol. The summed E-state index contributed by atoms with van der Waals surface area (Å²) in [5.41, 5.74) is 9.42. The topological polar surface area (TPSA) is 99.8 Å². The van der Waals surface area contributed by atoms with Gasteiger partial charge in [-0.3, -0.25) is 9.78 Å². The SMILES string of the molecule is CCC(CC)n1cc(-c2cnc(C)c(-c3cc(-c4cccc(C(C)N)c4F)no3)n2)ccc1=O. The minimum Gasteiger partial charge on any atom is -0.354 e. The van der Waals surface area contributed by atoms with Gasteiger partial charge in [-0.15, -0.1) is 0 Å². The molecule has 3 aromatic heterocycles. The van der Waals surface area contributed by atoms with E-state index in [9.17, 15) is 9.18 Å². The first kappa shape index (κ1) is 23.5. The molecule has 0 aliphatic rings. The zero-order valence-electron chi connectivity index (χ0n) is 19.7. The van der Waals surface area contributed by atoms with Crippen molar-refractivity contribution in [1.82, 2.24) is 19.7 Å². The lowest BCUT2D eigenvalue weighted by Crippen LogP contribution is -2.23. The van der Waals surface area contributed by atoms with Crippen LogP contribution in [0.15, 0.2) is 58.1 Å². The third kappa shape index (κ3) is 4.41. The molecule has 0 bridgehead atoms. The predicted octanol–water partition coefficient (Wildman–Crippen LogP) is 5.46. The van der Waals surface area contributed by atoms with Crippen molar-refractivity contribution in [1.29, 1.82) is 0 Å². The molecule has 4 rings (SSSR count). The van der Waals surface area contributed by atoms with Crippen LogP contribution in [-0.2, 0) is 0 Å². The molecule has 1 atom stereocenters. The van der Waals surface area contributed by atoms with Crippen LogP contribution in [0.2, 0.25) is 0 Å². The number of hydrogen-bond donors (Lipinski definition) is 1. The minimum absolute atomic E-state index is 0.0475. The molecule has 0 saturated heterocycles. The van der Waals surface area contributed by atoms with E-state index in [1.165, 1.54) is 0 Å². The van der Waals surface area contributed by atoms with E-state index in [4.69, 9.17) is 15.2 Å². The van der Waals surface area contributed by atoms with Crippen LogP contribution in [0.4, 0.5) is 4.39 Å². The highest BCUT2D eigenvalue weighted by atomic mass is 19.1. The lowest BCUT2D eigenvalue weighted by atomic mass is 10.0. The van der Waals surface area contributed by atoms with E-state index in [0.29, 0.717) is 39.7 Å². The summed E-state index contributed by atoms with van der Waals surface area (Å²) in [5, 5.41) is 4.07. The molecule has 0 aliphatic carbocycles. The number of nitrogens with zero attached hydrogens (tertiary/aromatic N) is 4. The maximum absolute atomic E-state index is 15.0. The molecule has 0 saturated carbocycles. The number of nitrogens with two attached hydrogens (primary N) is 1. The first-order valence-electron chi connectivity index (χ1n) is 11.4. The molecular formula is C26H28FN5O2. The van der Waals surface area contributed by atoms with Crippen molar-refractivity contribution in [2.75, 3.05) is 0 Å². The highest BCUT2D eigenvalue weighted by Crippen LogP contribution is 2.31. The molecule has 1 aromatic carbocycles. The average molecular weight is 462 g/mol. The van der Waals surface area contributed by atoms with E-state index < -0.39 is 11.9 Å². The quantitative estimate of drug-likeness (QED) is 0.392. The summed E-state index contributed by atoms with van der Waals surface area (Å²) >= 11 is 0. The van der Waals surface area contributed by atoms with Crippen LogP contribution in [0.1, 0.15) is 57.0 Å². The second kappa shape index (κ2) is 9.69. The highest BCUT2D eigenvalue weighted by Gasteiger charge is 2.19. The summed E-state index contributed by atoms with van der Waals surface area (Å²) in [6.07, 6.45) is 5.20. The standard InChI is InChI=1S/C26H28FN5O2/c1-5-18(6-2)32-14-17(10-11-24(32)33)22-13-29-16(4)26(30-22)23-12-21(31-34-23)20-9-7-8-19(15(3)28)25(20)27/h7-15,18H,5-6,28H2,1-4H3. The van der Waals surface area contributed by atoms with Gasteiger partial charge in [0.2, 0.25) is 0 Å². The predicted molar refractivity (Wildman–Crippen MR) is 130 cm³/mol. The third-order valence-electron chi connectivity index (χ3n) is 6.06. The number of pyridine rings is 1. The molecule has 0 aliphatic heterocycles. The molecule has 0 radical (unpaired) electrons. The molecule has 7 nitrogen and oxygen atoms in total. The summed E-state index contributed by atoms with van der Waals surface area (Å²) < 4.78 is 22.3. The van der Waals surface area contributed by atoms with Gasteiger partial charge in [0.1, 0.15) is 17.2 Å². The van der Waals surface area contributed by atoms with Gasteiger partial charge in [0, 0.05) is 47.1 Å². The van der Waals surface area contributed by atoms with Gasteiger partial charge in [-0.25, -0.2) is 9.37 Å². The van der Waals surface area contributed by atoms with E-state index in [-0.39, 0.29) is 11.6 Å². The molecule has 0 spiro atoms. The Morgan fingerprint density at radius 3 is 2.62 bits per heavy atom. The van der Waals surface area contributed by atoms with Crippen LogP contribution in [-0.4, -0.2) is 19.7 Å². The highest BCUT2D eigenvalue weighted by molar-refractivity contribution is 5.69. The maximum atomic E-state index is 15.0. The molecule has 0 amide bonds. The summed E-state index contributed by atoms with van der Waals surface area (Å²) in [4.78, 5) is 21.6. The molecule has 4 aromatic rings. The number of rotatable bonds is 7. The third-order valence-corrected chi connectivity index (χ3v) is 6.06. The van der Waals surface area contributed by atoms with E-state index >= 15 is 0 Å². The van der Waals surface area contributed by atoms with Gasteiger partial charge < -0.3 is 14.8 Å². The lowest BCUT2D eigenvalue weighted by Gasteiger charge is -2.17. The van der Waals surface area contributed by atoms with Crippen molar-refractivity contribution in [3.63, 3.8) is 0 Å². The van der Waals surface area contributed by atoms with Crippen molar-refractivity contribution in [2.45, 2.75) is 52.6 Å². The normalized spacial score (nSPS) is 12.3. The van der Waals surface area contributed by atoms with Crippen LogP contribution in [0.3, 0.4) is 0 Å². The van der Waals surface area contributed by atoms with Crippen molar-refractivity contribution in [3.05, 3.63) is 76.2 Å². The number of aromatic nitrogens is 4. The van der Waals surface area contributed by atoms with Crippen LogP contribution in [0, 0.1) is 12.7 Å². The number of hydrogen-bond acceptors (Lipinski definition) is 6. The van der Waals surface area contributed by atoms with Gasteiger partial charge in [-0.1, -0.05) is 31.1 Å². The zero-order valence-corrected chi connectivity index (χ0v) is 19.7. The summed E-state index contributed by atoms with van der Waals surface area (Å²) in [7, 11) is 0. The first-order valence-corrected chi connectivity index (χ1v) is 11.4. The minimum atomic E-state index is -0.445.